The molecule has 0 radical (unpaired) electrons. The van der Waals surface area contributed by atoms with Gasteiger partial charge in [-0.2, -0.15) is 10.1 Å². The Bertz CT molecular complexity index is 1760. The second kappa shape index (κ2) is 13.0. The van der Waals surface area contributed by atoms with Crippen LogP contribution in [0.4, 0.5) is 17.5 Å². The Morgan fingerprint density at radius 2 is 1.91 bits per heavy atom. The Morgan fingerprint density at radius 3 is 2.65 bits per heavy atom. The van der Waals surface area contributed by atoms with Gasteiger partial charge in [0.05, 0.1) is 11.8 Å². The molecule has 0 spiro atoms. The van der Waals surface area contributed by atoms with Gasteiger partial charge < -0.3 is 25.1 Å². The number of benzene rings is 1. The number of anilines is 3. The molecule has 1 aromatic carbocycles. The van der Waals surface area contributed by atoms with Gasteiger partial charge in [-0.05, 0) is 24.6 Å². The quantitative estimate of drug-likeness (QED) is 0.240. The summed E-state index contributed by atoms with van der Waals surface area (Å²) in [5.74, 6) is 1.75. The molecule has 11 nitrogen and oxygen atoms in total. The van der Waals surface area contributed by atoms with Crippen LogP contribution in [0, 0.1) is 6.92 Å². The number of rotatable bonds is 7. The van der Waals surface area contributed by atoms with Crippen LogP contribution >= 0.6 is 36.2 Å². The maximum atomic E-state index is 12.8. The number of nitrogens with zero attached hydrogens (tertiary/aromatic N) is 6. The number of thiophene rings is 1. The summed E-state index contributed by atoms with van der Waals surface area (Å²) in [6.07, 6.45) is 3.46. The zero-order valence-electron chi connectivity index (χ0n) is 23.4. The second-order valence-electron chi connectivity index (χ2n) is 10.5. The van der Waals surface area contributed by atoms with Crippen molar-refractivity contribution in [3.8, 4) is 16.9 Å². The van der Waals surface area contributed by atoms with E-state index in [2.05, 4.69) is 35.5 Å². The molecular formula is C29H32Cl2N8O3S. The van der Waals surface area contributed by atoms with Crippen LogP contribution in [0.5, 0.6) is 0 Å². The summed E-state index contributed by atoms with van der Waals surface area (Å²) in [5.41, 5.74) is 5.37. The number of fused-ring (bicyclic) bond motifs is 1. The lowest BCUT2D eigenvalue weighted by molar-refractivity contribution is -0.00297. The summed E-state index contributed by atoms with van der Waals surface area (Å²) in [5, 5.41) is 22.8. The van der Waals surface area contributed by atoms with Crippen molar-refractivity contribution in [2.75, 3.05) is 49.5 Å². The van der Waals surface area contributed by atoms with E-state index in [1.807, 2.05) is 48.8 Å². The van der Waals surface area contributed by atoms with Gasteiger partial charge in [0.1, 0.15) is 4.70 Å². The minimum Gasteiger partial charge on any atom is -0.439 e. The van der Waals surface area contributed by atoms with Gasteiger partial charge in [0.2, 0.25) is 11.4 Å². The Labute approximate surface area is 264 Å². The number of likely N-dealkylation sites (tertiary alicyclic amines) is 1. The molecule has 0 bridgehead atoms. The molecule has 2 aliphatic rings. The average Bonchev–Trinajstić information content (AvgIpc) is 3.57. The number of halogens is 2. The molecule has 4 aromatic heterocycles. The van der Waals surface area contributed by atoms with Crippen molar-refractivity contribution in [2.24, 2.45) is 0 Å². The Kier molecular flexibility index (Phi) is 9.35. The molecule has 14 heteroatoms. The minimum absolute atomic E-state index is 0. The molecule has 43 heavy (non-hydrogen) atoms. The van der Waals surface area contributed by atoms with Gasteiger partial charge in [-0.3, -0.25) is 9.69 Å². The first-order chi connectivity index (χ1) is 20.0. The van der Waals surface area contributed by atoms with Gasteiger partial charge in [0, 0.05) is 92.5 Å². The third-order valence-corrected chi connectivity index (χ3v) is 8.50. The van der Waals surface area contributed by atoms with Gasteiger partial charge in [-0.15, -0.1) is 36.2 Å². The fourth-order valence-electron chi connectivity index (χ4n) is 5.25. The summed E-state index contributed by atoms with van der Waals surface area (Å²) in [6.45, 7) is 7.48. The molecule has 7 rings (SSSR count). The number of aliphatic hydroxyl groups excluding tert-OH is 1. The third-order valence-electron chi connectivity index (χ3n) is 7.52. The molecule has 6 heterocycles. The summed E-state index contributed by atoms with van der Waals surface area (Å²) < 4.78 is 8.68. The lowest BCUT2D eigenvalue weighted by Crippen LogP contribution is -2.49. The molecule has 0 unspecified atom stereocenters. The minimum atomic E-state index is -0.226. The van der Waals surface area contributed by atoms with Crippen molar-refractivity contribution in [3.05, 3.63) is 75.7 Å². The van der Waals surface area contributed by atoms with Crippen LogP contribution in [-0.4, -0.2) is 75.1 Å². The van der Waals surface area contributed by atoms with Gasteiger partial charge in [0.15, 0.2) is 17.3 Å². The average molecular weight is 644 g/mol. The van der Waals surface area contributed by atoms with E-state index in [0.29, 0.717) is 41.0 Å². The Hall–Kier alpha value is -3.52. The normalized spacial score (nSPS) is 15.5. The van der Waals surface area contributed by atoms with E-state index in [-0.39, 0.29) is 36.3 Å². The number of hydrogen-bond acceptors (Lipinski definition) is 11. The predicted molar refractivity (Wildman–Crippen MR) is 174 cm³/mol. The van der Waals surface area contributed by atoms with Crippen LogP contribution in [-0.2, 0) is 6.54 Å². The number of aryl methyl sites for hydroxylation is 1. The highest BCUT2D eigenvalue weighted by atomic mass is 35.5. The fourth-order valence-corrected chi connectivity index (χ4v) is 6.16. The van der Waals surface area contributed by atoms with Crippen molar-refractivity contribution >= 4 is 64.0 Å². The molecule has 0 aliphatic carbocycles. The molecule has 0 saturated carbocycles. The first-order valence-corrected chi connectivity index (χ1v) is 14.6. The van der Waals surface area contributed by atoms with Crippen LogP contribution in [0.1, 0.15) is 11.3 Å². The number of hydrogen-bond donors (Lipinski definition) is 3. The van der Waals surface area contributed by atoms with E-state index in [1.54, 1.807) is 16.9 Å². The van der Waals surface area contributed by atoms with Crippen LogP contribution < -0.4 is 21.0 Å². The standard InChI is InChI=1S/C29H30N8O3S.2ClH/c1-18-20(13-35-15-22(38)16-35)14-37(34-18)25-6-7-31-29(33-25)32-21-4-2-19(3-5-21)23-17-41-28-24(39)12-26(40-27(23)28)36-10-8-30-9-11-36;;/h2-7,12,14,17,22,30,38H,8-11,13,15-16H2,1H3,(H,31,32,33);2*1H. The van der Waals surface area contributed by atoms with Gasteiger partial charge in [0.25, 0.3) is 0 Å². The zero-order valence-corrected chi connectivity index (χ0v) is 25.8. The third kappa shape index (κ3) is 6.40. The van der Waals surface area contributed by atoms with E-state index in [1.165, 1.54) is 11.3 Å². The molecule has 2 saturated heterocycles. The van der Waals surface area contributed by atoms with Crippen LogP contribution in [0.15, 0.2) is 63.4 Å². The predicted octanol–water partition coefficient (Wildman–Crippen LogP) is 3.98. The van der Waals surface area contributed by atoms with E-state index >= 15 is 0 Å². The highest BCUT2D eigenvalue weighted by Gasteiger charge is 2.25. The summed E-state index contributed by atoms with van der Waals surface area (Å²) >= 11 is 1.41. The number of β-amino-alcohol motifs (C(OH)–C–C–N with tert-alkyl or cyclic N) is 1. The molecular weight excluding hydrogens is 611 g/mol. The largest absolute Gasteiger partial charge is 0.439 e. The SMILES string of the molecule is Cc1nn(-c2ccnc(Nc3ccc(-c4csc5c(=O)cc(N6CCNCC6)oc45)cc3)n2)cc1CN1CC(O)C1.Cl.Cl. The monoisotopic (exact) mass is 642 g/mol. The molecule has 0 atom stereocenters. The summed E-state index contributed by atoms with van der Waals surface area (Å²) in [7, 11) is 0. The summed E-state index contributed by atoms with van der Waals surface area (Å²) in [4.78, 5) is 26.2. The van der Waals surface area contributed by atoms with Crippen LogP contribution in [0.3, 0.4) is 0 Å². The maximum Gasteiger partial charge on any atom is 0.229 e. The van der Waals surface area contributed by atoms with Gasteiger partial charge >= 0.3 is 0 Å². The first-order valence-electron chi connectivity index (χ1n) is 13.7. The zero-order chi connectivity index (χ0) is 27.9. The highest BCUT2D eigenvalue weighted by molar-refractivity contribution is 7.17. The topological polar surface area (TPSA) is 125 Å². The molecule has 0 amide bonds. The van der Waals surface area contributed by atoms with E-state index in [9.17, 15) is 9.90 Å². The number of aromatic nitrogens is 4. The molecule has 2 aliphatic heterocycles. The van der Waals surface area contributed by atoms with Crippen molar-refractivity contribution < 1.29 is 9.52 Å². The van der Waals surface area contributed by atoms with Crippen molar-refractivity contribution in [2.45, 2.75) is 19.6 Å². The van der Waals surface area contributed by atoms with E-state index in [4.69, 9.17) is 4.42 Å². The van der Waals surface area contributed by atoms with Crippen molar-refractivity contribution in [1.29, 1.82) is 0 Å². The molecule has 3 N–H and O–H groups in total. The van der Waals surface area contributed by atoms with E-state index in [0.717, 1.165) is 60.8 Å². The fraction of sp³-hybridized carbons (Fsp3) is 0.310. The molecule has 2 fully saturated rings. The van der Waals surface area contributed by atoms with E-state index < -0.39 is 0 Å². The van der Waals surface area contributed by atoms with Crippen LogP contribution in [0.2, 0.25) is 0 Å². The van der Waals surface area contributed by atoms with Gasteiger partial charge in [-0.1, -0.05) is 12.1 Å². The Balaban J connectivity index is 0.00000184. The van der Waals surface area contributed by atoms with Gasteiger partial charge in [-0.25, -0.2) is 9.67 Å². The lowest BCUT2D eigenvalue weighted by atomic mass is 10.1. The number of nitrogens with one attached hydrogen (secondary N) is 2. The smallest absolute Gasteiger partial charge is 0.229 e. The molecule has 5 aromatic rings. The van der Waals surface area contributed by atoms with Crippen molar-refractivity contribution in [1.82, 2.24) is 30.0 Å². The van der Waals surface area contributed by atoms with Crippen LogP contribution in [0.25, 0.3) is 27.2 Å². The second-order valence-corrected chi connectivity index (χ2v) is 11.3. The maximum absolute atomic E-state index is 12.8. The Morgan fingerprint density at radius 1 is 1.14 bits per heavy atom. The summed E-state index contributed by atoms with van der Waals surface area (Å²) in [6, 6.07) is 11.4. The number of aliphatic hydroxyl groups is 1. The number of piperazine rings is 1. The first kappa shape index (κ1) is 30.9. The molecule has 226 valence electrons. The van der Waals surface area contributed by atoms with Crippen molar-refractivity contribution in [3.63, 3.8) is 0 Å². The lowest BCUT2D eigenvalue weighted by Gasteiger charge is -2.35. The highest BCUT2D eigenvalue weighted by Crippen LogP contribution is 2.35.